The van der Waals surface area contributed by atoms with Crippen LogP contribution < -0.4 is 9.47 Å². The molecule has 0 heterocycles. The van der Waals surface area contributed by atoms with Gasteiger partial charge in [-0.1, -0.05) is 68.3 Å². The van der Waals surface area contributed by atoms with Gasteiger partial charge in [-0.15, -0.1) is 0 Å². The predicted molar refractivity (Wildman–Crippen MR) is 175 cm³/mol. The number of halogens is 2. The van der Waals surface area contributed by atoms with Crippen LogP contribution in [0.3, 0.4) is 0 Å². The summed E-state index contributed by atoms with van der Waals surface area (Å²) in [7, 11) is 3.28. The summed E-state index contributed by atoms with van der Waals surface area (Å²) in [6.45, 7) is 0. The molecule has 0 aliphatic heterocycles. The van der Waals surface area contributed by atoms with Crippen molar-refractivity contribution in [1.82, 2.24) is 0 Å². The van der Waals surface area contributed by atoms with Crippen LogP contribution in [0.2, 0.25) is 0 Å². The Bertz CT molecular complexity index is 1850. The second-order valence-electron chi connectivity index (χ2n) is 9.83. The number of carbonyl (C=O) groups is 2. The number of benzene rings is 6. The van der Waals surface area contributed by atoms with E-state index >= 15 is 0 Å². The van der Waals surface area contributed by atoms with Crippen molar-refractivity contribution < 1.29 is 19.1 Å². The molecule has 42 heavy (non-hydrogen) atoms. The number of fused-ring (bicyclic) bond motifs is 2. The molecule has 0 radical (unpaired) electrons. The average molecular weight is 680 g/mol. The third-order valence-electron chi connectivity index (χ3n) is 7.39. The van der Waals surface area contributed by atoms with Crippen LogP contribution in [0.1, 0.15) is 31.8 Å². The van der Waals surface area contributed by atoms with E-state index in [4.69, 9.17) is 9.47 Å². The first-order valence-electron chi connectivity index (χ1n) is 13.2. The Labute approximate surface area is 260 Å². The van der Waals surface area contributed by atoms with Crippen molar-refractivity contribution in [1.29, 1.82) is 0 Å². The fourth-order valence-electron chi connectivity index (χ4n) is 5.29. The zero-order valence-electron chi connectivity index (χ0n) is 22.8. The second kappa shape index (κ2) is 11.6. The molecular weight excluding hydrogens is 656 g/mol. The molecule has 0 saturated heterocycles. The van der Waals surface area contributed by atoms with Gasteiger partial charge in [0.2, 0.25) is 0 Å². The number of ketones is 2. The molecule has 0 fully saturated rings. The highest BCUT2D eigenvalue weighted by atomic mass is 79.9. The molecule has 6 aromatic carbocycles. The van der Waals surface area contributed by atoms with Crippen LogP contribution in [-0.2, 0) is 0 Å². The molecule has 206 valence electrons. The van der Waals surface area contributed by atoms with Crippen molar-refractivity contribution in [3.05, 3.63) is 140 Å². The number of methoxy groups -OCH3 is 2. The fraction of sp³-hybridized carbons (Fsp3) is 0.0556. The highest BCUT2D eigenvalue weighted by Crippen LogP contribution is 2.45. The Morgan fingerprint density at radius 3 is 1.19 bits per heavy atom. The molecule has 0 aliphatic rings. The topological polar surface area (TPSA) is 52.6 Å². The fourth-order valence-corrected chi connectivity index (χ4v) is 5.82. The van der Waals surface area contributed by atoms with Crippen LogP contribution in [0, 0.1) is 0 Å². The minimum Gasteiger partial charge on any atom is -0.496 e. The van der Waals surface area contributed by atoms with E-state index < -0.39 is 0 Å². The molecule has 0 aliphatic carbocycles. The number of ether oxygens (including phenoxy) is 2. The maximum absolute atomic E-state index is 13.3. The molecule has 0 saturated carbocycles. The molecule has 0 unspecified atom stereocenters. The SMILES string of the molecule is COc1ccc2cc(C(=O)c3ccc(Br)cc3)ccc2c1-c1c(OC)ccc2cc(C(=O)c3ccc(Br)cc3)ccc12. The average Bonchev–Trinajstić information content (AvgIpc) is 3.03. The highest BCUT2D eigenvalue weighted by Gasteiger charge is 2.20. The van der Waals surface area contributed by atoms with Gasteiger partial charge in [0.1, 0.15) is 11.5 Å². The van der Waals surface area contributed by atoms with Crippen LogP contribution in [-0.4, -0.2) is 25.8 Å². The molecule has 6 rings (SSSR count). The summed E-state index contributed by atoms with van der Waals surface area (Å²) in [6.07, 6.45) is 0. The van der Waals surface area contributed by atoms with E-state index in [0.29, 0.717) is 33.8 Å². The van der Waals surface area contributed by atoms with Crippen LogP contribution in [0.15, 0.2) is 118 Å². The van der Waals surface area contributed by atoms with Gasteiger partial charge in [0, 0.05) is 42.3 Å². The maximum Gasteiger partial charge on any atom is 0.193 e. The minimum absolute atomic E-state index is 0.0486. The van der Waals surface area contributed by atoms with Gasteiger partial charge >= 0.3 is 0 Å². The van der Waals surface area contributed by atoms with Gasteiger partial charge in [-0.05, 0) is 94.3 Å². The van der Waals surface area contributed by atoms with Crippen LogP contribution in [0.4, 0.5) is 0 Å². The molecule has 0 aromatic heterocycles. The third kappa shape index (κ3) is 5.13. The Morgan fingerprint density at radius 2 is 0.833 bits per heavy atom. The van der Waals surface area contributed by atoms with Gasteiger partial charge in [0.05, 0.1) is 14.2 Å². The van der Waals surface area contributed by atoms with Gasteiger partial charge in [-0.25, -0.2) is 0 Å². The Kier molecular flexibility index (Phi) is 7.67. The largest absolute Gasteiger partial charge is 0.496 e. The van der Waals surface area contributed by atoms with Gasteiger partial charge < -0.3 is 9.47 Å². The van der Waals surface area contributed by atoms with Gasteiger partial charge in [0.25, 0.3) is 0 Å². The monoisotopic (exact) mass is 678 g/mol. The van der Waals surface area contributed by atoms with E-state index in [1.54, 1.807) is 14.2 Å². The van der Waals surface area contributed by atoms with E-state index in [9.17, 15) is 9.59 Å². The minimum atomic E-state index is -0.0486. The van der Waals surface area contributed by atoms with E-state index in [1.165, 1.54) is 0 Å². The smallest absolute Gasteiger partial charge is 0.193 e. The van der Waals surface area contributed by atoms with E-state index in [1.807, 2.05) is 109 Å². The van der Waals surface area contributed by atoms with Crippen LogP contribution in [0.5, 0.6) is 11.5 Å². The van der Waals surface area contributed by atoms with Gasteiger partial charge in [0.15, 0.2) is 11.6 Å². The Hall–Kier alpha value is -4.26. The number of hydrogen-bond donors (Lipinski definition) is 0. The van der Waals surface area contributed by atoms with Crippen molar-refractivity contribution in [3.8, 4) is 22.6 Å². The lowest BCUT2D eigenvalue weighted by atomic mass is 9.90. The van der Waals surface area contributed by atoms with Gasteiger partial charge in [-0.2, -0.15) is 0 Å². The van der Waals surface area contributed by atoms with E-state index in [2.05, 4.69) is 31.9 Å². The van der Waals surface area contributed by atoms with Crippen LogP contribution >= 0.6 is 31.9 Å². The first-order chi connectivity index (χ1) is 20.4. The second-order valence-corrected chi connectivity index (χ2v) is 11.7. The van der Waals surface area contributed by atoms with E-state index in [0.717, 1.165) is 41.6 Å². The number of hydrogen-bond acceptors (Lipinski definition) is 4. The van der Waals surface area contributed by atoms with Crippen molar-refractivity contribution in [2.75, 3.05) is 14.2 Å². The van der Waals surface area contributed by atoms with E-state index in [-0.39, 0.29) is 11.6 Å². The molecular formula is C36H24Br2O4. The molecule has 4 nitrogen and oxygen atoms in total. The normalized spacial score (nSPS) is 11.0. The summed E-state index contributed by atoms with van der Waals surface area (Å²) in [6, 6.07) is 33.9. The number of rotatable bonds is 7. The predicted octanol–water partition coefficient (Wildman–Crippen LogP) is 9.66. The lowest BCUT2D eigenvalue weighted by molar-refractivity contribution is 0.103. The lowest BCUT2D eigenvalue weighted by Crippen LogP contribution is -2.02. The van der Waals surface area contributed by atoms with Crippen molar-refractivity contribution in [2.24, 2.45) is 0 Å². The highest BCUT2D eigenvalue weighted by molar-refractivity contribution is 9.10. The molecule has 6 heteroatoms. The van der Waals surface area contributed by atoms with Crippen LogP contribution in [0.25, 0.3) is 32.7 Å². The summed E-state index contributed by atoms with van der Waals surface area (Å²) in [5.41, 5.74) is 4.15. The first-order valence-corrected chi connectivity index (χ1v) is 14.8. The molecule has 0 spiro atoms. The van der Waals surface area contributed by atoms with Crippen molar-refractivity contribution in [2.45, 2.75) is 0 Å². The van der Waals surface area contributed by atoms with Gasteiger partial charge in [-0.3, -0.25) is 9.59 Å². The zero-order chi connectivity index (χ0) is 29.4. The summed E-state index contributed by atoms with van der Waals surface area (Å²) < 4.78 is 13.6. The Balaban J connectivity index is 1.51. The summed E-state index contributed by atoms with van der Waals surface area (Å²) in [4.78, 5) is 26.5. The summed E-state index contributed by atoms with van der Waals surface area (Å²) >= 11 is 6.86. The van der Waals surface area contributed by atoms with Crippen molar-refractivity contribution in [3.63, 3.8) is 0 Å². The molecule has 6 aromatic rings. The maximum atomic E-state index is 13.3. The molecule has 0 bridgehead atoms. The summed E-state index contributed by atoms with van der Waals surface area (Å²) in [5.74, 6) is 1.26. The quantitative estimate of drug-likeness (QED) is 0.158. The lowest BCUT2D eigenvalue weighted by Gasteiger charge is -2.18. The Morgan fingerprint density at radius 1 is 0.476 bits per heavy atom. The zero-order valence-corrected chi connectivity index (χ0v) is 26.0. The standard InChI is InChI=1S/C36H24Br2O4/c1-41-31-17-9-23-19-25(35(39)21-3-11-27(37)12-4-21)7-15-29(23)33(31)34-30-16-8-26(20-24(30)10-18-32(34)42-2)36(40)22-5-13-28(38)14-6-22/h3-20H,1-2H3. The van der Waals surface area contributed by atoms with Crippen molar-refractivity contribution >= 4 is 65.0 Å². The number of carbonyl (C=O) groups excluding carboxylic acids is 2. The summed E-state index contributed by atoms with van der Waals surface area (Å²) in [5, 5.41) is 3.63. The molecule has 0 N–H and O–H groups in total. The molecule has 0 amide bonds. The first kappa shape index (κ1) is 27.9. The third-order valence-corrected chi connectivity index (χ3v) is 8.45. The molecule has 0 atom stereocenters.